The number of nitrogens with one attached hydrogen (secondary N) is 1. The second-order valence-corrected chi connectivity index (χ2v) is 5.86. The second kappa shape index (κ2) is 7.50. The van der Waals surface area contributed by atoms with Gasteiger partial charge in [0.05, 0.1) is 10.6 Å². The summed E-state index contributed by atoms with van der Waals surface area (Å²) >= 11 is 7.65. The molecule has 1 unspecified atom stereocenters. The van der Waals surface area contributed by atoms with E-state index in [1.807, 2.05) is 42.7 Å². The fourth-order valence-electron chi connectivity index (χ4n) is 1.92. The minimum atomic E-state index is -0.238. The third-order valence-electron chi connectivity index (χ3n) is 3.13. The topological polar surface area (TPSA) is 55.1 Å². The summed E-state index contributed by atoms with van der Waals surface area (Å²) in [7, 11) is 0. The van der Waals surface area contributed by atoms with Gasteiger partial charge in [-0.1, -0.05) is 41.9 Å². The Labute approximate surface area is 133 Å². The second-order valence-electron chi connectivity index (χ2n) is 4.57. The largest absolute Gasteiger partial charge is 0.350 e. The number of thioether (sulfide) groups is 1. The van der Waals surface area contributed by atoms with Crippen molar-refractivity contribution in [2.75, 3.05) is 12.8 Å². The molecule has 2 aromatic rings. The van der Waals surface area contributed by atoms with Gasteiger partial charge in [0.25, 0.3) is 5.91 Å². The van der Waals surface area contributed by atoms with Gasteiger partial charge in [-0.25, -0.2) is 0 Å². The first-order valence-corrected chi connectivity index (χ1v) is 8.14. The van der Waals surface area contributed by atoms with Crippen molar-refractivity contribution in [2.24, 2.45) is 5.73 Å². The Bertz CT molecular complexity index is 619. The van der Waals surface area contributed by atoms with Crippen molar-refractivity contribution in [2.45, 2.75) is 10.9 Å². The Morgan fingerprint density at radius 3 is 2.67 bits per heavy atom. The van der Waals surface area contributed by atoms with Crippen LogP contribution >= 0.6 is 23.4 Å². The lowest BCUT2D eigenvalue weighted by molar-refractivity contribution is 0.0951. The Balaban J connectivity index is 2.02. The molecule has 0 bridgehead atoms. The van der Waals surface area contributed by atoms with Crippen molar-refractivity contribution in [3.8, 4) is 0 Å². The fourth-order valence-corrected chi connectivity index (χ4v) is 2.56. The molecule has 0 fully saturated rings. The summed E-state index contributed by atoms with van der Waals surface area (Å²) in [5.74, 6) is -0.206. The first kappa shape index (κ1) is 15.9. The summed E-state index contributed by atoms with van der Waals surface area (Å²) < 4.78 is 0. The number of nitrogens with two attached hydrogens (primary N) is 1. The number of hydrogen-bond acceptors (Lipinski definition) is 3. The predicted octanol–water partition coefficient (Wildman–Crippen LogP) is 3.49. The van der Waals surface area contributed by atoms with E-state index < -0.39 is 0 Å². The van der Waals surface area contributed by atoms with Crippen molar-refractivity contribution in [3.63, 3.8) is 0 Å². The Morgan fingerprint density at radius 2 is 2.00 bits per heavy atom. The molecule has 3 N–H and O–H groups in total. The Kier molecular flexibility index (Phi) is 5.67. The highest BCUT2D eigenvalue weighted by atomic mass is 35.5. The van der Waals surface area contributed by atoms with Crippen LogP contribution < -0.4 is 11.1 Å². The van der Waals surface area contributed by atoms with Gasteiger partial charge in [-0.15, -0.1) is 11.8 Å². The average molecular weight is 321 g/mol. The molecular formula is C16H17ClN2OS. The molecule has 110 valence electrons. The summed E-state index contributed by atoms with van der Waals surface area (Å²) in [6, 6.07) is 14.8. The van der Waals surface area contributed by atoms with Crippen molar-refractivity contribution in [3.05, 3.63) is 64.7 Å². The van der Waals surface area contributed by atoms with Gasteiger partial charge in [0, 0.05) is 17.5 Å². The van der Waals surface area contributed by atoms with Crippen LogP contribution in [0, 0.1) is 0 Å². The van der Waals surface area contributed by atoms with Crippen LogP contribution in [0.2, 0.25) is 5.02 Å². The highest BCUT2D eigenvalue weighted by molar-refractivity contribution is 7.98. The molecule has 0 saturated heterocycles. The van der Waals surface area contributed by atoms with Gasteiger partial charge in [-0.05, 0) is 30.0 Å². The van der Waals surface area contributed by atoms with E-state index in [0.29, 0.717) is 17.1 Å². The zero-order valence-corrected chi connectivity index (χ0v) is 13.2. The summed E-state index contributed by atoms with van der Waals surface area (Å²) in [6.45, 7) is 0.364. The molecule has 0 aliphatic heterocycles. The van der Waals surface area contributed by atoms with E-state index in [2.05, 4.69) is 5.32 Å². The predicted molar refractivity (Wildman–Crippen MR) is 88.9 cm³/mol. The van der Waals surface area contributed by atoms with Gasteiger partial charge < -0.3 is 11.1 Å². The van der Waals surface area contributed by atoms with Crippen molar-refractivity contribution >= 4 is 29.3 Å². The van der Waals surface area contributed by atoms with Gasteiger partial charge in [0.1, 0.15) is 0 Å². The standard InChI is InChI=1S/C16H17ClN2OS/c1-21-12-7-8-14(17)13(9-12)16(20)19-10-15(18)11-5-3-2-4-6-11/h2-9,15H,10,18H2,1H3,(H,19,20). The van der Waals surface area contributed by atoms with Crippen LogP contribution in [-0.4, -0.2) is 18.7 Å². The van der Waals surface area contributed by atoms with E-state index in [9.17, 15) is 4.79 Å². The summed E-state index contributed by atoms with van der Waals surface area (Å²) in [4.78, 5) is 13.2. The molecule has 0 aliphatic carbocycles. The third-order valence-corrected chi connectivity index (χ3v) is 4.18. The van der Waals surface area contributed by atoms with Crippen LogP contribution in [0.4, 0.5) is 0 Å². The minimum Gasteiger partial charge on any atom is -0.350 e. The van der Waals surface area contributed by atoms with Gasteiger partial charge in [-0.3, -0.25) is 4.79 Å². The smallest absolute Gasteiger partial charge is 0.252 e. The van der Waals surface area contributed by atoms with E-state index in [0.717, 1.165) is 10.5 Å². The summed E-state index contributed by atoms with van der Waals surface area (Å²) in [5, 5.41) is 3.27. The van der Waals surface area contributed by atoms with Gasteiger partial charge in [0.15, 0.2) is 0 Å². The van der Waals surface area contributed by atoms with Crippen molar-refractivity contribution < 1.29 is 4.79 Å². The number of halogens is 1. The first-order chi connectivity index (χ1) is 10.1. The summed E-state index contributed by atoms with van der Waals surface area (Å²) in [5.41, 5.74) is 7.53. The molecule has 0 aliphatic rings. The molecule has 2 aromatic carbocycles. The maximum atomic E-state index is 12.2. The first-order valence-electron chi connectivity index (χ1n) is 6.54. The van der Waals surface area contributed by atoms with Crippen molar-refractivity contribution in [1.29, 1.82) is 0 Å². The van der Waals surface area contributed by atoms with E-state index in [1.54, 1.807) is 23.9 Å². The zero-order chi connectivity index (χ0) is 15.2. The van der Waals surface area contributed by atoms with Crippen molar-refractivity contribution in [1.82, 2.24) is 5.32 Å². The lowest BCUT2D eigenvalue weighted by Gasteiger charge is -2.14. The SMILES string of the molecule is CSc1ccc(Cl)c(C(=O)NCC(N)c2ccccc2)c1. The number of rotatable bonds is 5. The molecule has 0 spiro atoms. The monoisotopic (exact) mass is 320 g/mol. The lowest BCUT2D eigenvalue weighted by atomic mass is 10.1. The number of carbonyl (C=O) groups is 1. The van der Waals surface area contributed by atoms with Crippen LogP contribution in [0.3, 0.4) is 0 Å². The fraction of sp³-hybridized carbons (Fsp3) is 0.188. The highest BCUT2D eigenvalue weighted by Gasteiger charge is 2.13. The molecule has 1 atom stereocenters. The van der Waals surface area contributed by atoms with Crippen LogP contribution in [0.15, 0.2) is 53.4 Å². The van der Waals surface area contributed by atoms with Crippen LogP contribution in [0.25, 0.3) is 0 Å². The van der Waals surface area contributed by atoms with E-state index in [-0.39, 0.29) is 11.9 Å². The zero-order valence-electron chi connectivity index (χ0n) is 11.7. The molecule has 0 aromatic heterocycles. The average Bonchev–Trinajstić information content (AvgIpc) is 2.53. The van der Waals surface area contributed by atoms with Gasteiger partial charge in [-0.2, -0.15) is 0 Å². The Morgan fingerprint density at radius 1 is 1.29 bits per heavy atom. The molecule has 3 nitrogen and oxygen atoms in total. The minimum absolute atomic E-state index is 0.206. The lowest BCUT2D eigenvalue weighted by Crippen LogP contribution is -2.32. The number of amides is 1. The van der Waals surface area contributed by atoms with Gasteiger partial charge >= 0.3 is 0 Å². The molecule has 5 heteroatoms. The maximum absolute atomic E-state index is 12.2. The maximum Gasteiger partial charge on any atom is 0.252 e. The Hall–Kier alpha value is -1.49. The molecule has 1 amide bonds. The molecule has 0 heterocycles. The molecular weight excluding hydrogens is 304 g/mol. The molecule has 21 heavy (non-hydrogen) atoms. The quantitative estimate of drug-likeness (QED) is 0.829. The summed E-state index contributed by atoms with van der Waals surface area (Å²) in [6.07, 6.45) is 1.95. The van der Waals surface area contributed by atoms with Crippen LogP contribution in [-0.2, 0) is 0 Å². The van der Waals surface area contributed by atoms with Crippen LogP contribution in [0.5, 0.6) is 0 Å². The number of carbonyl (C=O) groups excluding carboxylic acids is 1. The number of hydrogen-bond donors (Lipinski definition) is 2. The van der Waals surface area contributed by atoms with Crippen LogP contribution in [0.1, 0.15) is 22.0 Å². The van der Waals surface area contributed by atoms with E-state index in [1.165, 1.54) is 0 Å². The molecule has 2 rings (SSSR count). The van der Waals surface area contributed by atoms with E-state index in [4.69, 9.17) is 17.3 Å². The van der Waals surface area contributed by atoms with Gasteiger partial charge in [0.2, 0.25) is 0 Å². The normalized spacial score (nSPS) is 12.0. The highest BCUT2D eigenvalue weighted by Crippen LogP contribution is 2.23. The molecule has 0 radical (unpaired) electrons. The number of benzene rings is 2. The third kappa shape index (κ3) is 4.24. The molecule has 0 saturated carbocycles. The van der Waals surface area contributed by atoms with E-state index >= 15 is 0 Å².